The highest BCUT2D eigenvalue weighted by Gasteiger charge is 2.44. The Labute approximate surface area is 278 Å². The summed E-state index contributed by atoms with van der Waals surface area (Å²) in [5.74, 6) is 0.189. The summed E-state index contributed by atoms with van der Waals surface area (Å²) < 4.78 is 34.5. The van der Waals surface area contributed by atoms with E-state index in [1.807, 2.05) is 18.2 Å². The first-order chi connectivity index (χ1) is 22.1. The molecule has 0 saturated heterocycles. The van der Waals surface area contributed by atoms with Crippen LogP contribution in [0.25, 0.3) is 0 Å². The molecule has 0 aromatic heterocycles. The molecule has 246 valence electrons. The summed E-state index contributed by atoms with van der Waals surface area (Å²) in [4.78, 5) is 15.6. The zero-order valence-electron chi connectivity index (χ0n) is 26.5. The summed E-state index contributed by atoms with van der Waals surface area (Å²) >= 11 is 6.40. The van der Waals surface area contributed by atoms with E-state index in [1.54, 1.807) is 30.3 Å². The van der Waals surface area contributed by atoms with E-state index >= 15 is 0 Å². The van der Waals surface area contributed by atoms with Crippen molar-refractivity contribution < 1.29 is 23.1 Å². The molecule has 1 unspecified atom stereocenters. The summed E-state index contributed by atoms with van der Waals surface area (Å²) in [7, 11) is -4.23. The number of hydrogen-bond donors (Lipinski definition) is 2. The van der Waals surface area contributed by atoms with Gasteiger partial charge in [0.1, 0.15) is 5.75 Å². The third kappa shape index (κ3) is 7.30. The maximum absolute atomic E-state index is 13.3. The van der Waals surface area contributed by atoms with Crippen LogP contribution in [0.1, 0.15) is 79.8 Å². The van der Waals surface area contributed by atoms with E-state index in [9.17, 15) is 23.6 Å². The molecule has 0 bridgehead atoms. The number of halogens is 1. The highest BCUT2D eigenvalue weighted by molar-refractivity contribution is 7.90. The first kappa shape index (κ1) is 34.0. The van der Waals surface area contributed by atoms with Crippen LogP contribution in [0, 0.1) is 23.2 Å². The van der Waals surface area contributed by atoms with Crippen LogP contribution in [-0.2, 0) is 21.9 Å². The van der Waals surface area contributed by atoms with Gasteiger partial charge in [-0.1, -0.05) is 49.2 Å². The van der Waals surface area contributed by atoms with Gasteiger partial charge in [-0.05, 0) is 105 Å². The predicted octanol–water partition coefficient (Wildman–Crippen LogP) is 6.47. The lowest BCUT2D eigenvalue weighted by Gasteiger charge is -2.45. The molecule has 8 nitrogen and oxygen atoms in total. The van der Waals surface area contributed by atoms with Crippen LogP contribution in [0.15, 0.2) is 61.2 Å². The van der Waals surface area contributed by atoms with Gasteiger partial charge in [0.2, 0.25) is 0 Å². The Kier molecular flexibility index (Phi) is 10.8. The van der Waals surface area contributed by atoms with E-state index in [4.69, 9.17) is 16.3 Å². The molecule has 2 aliphatic carbocycles. The van der Waals surface area contributed by atoms with Crippen molar-refractivity contribution in [3.8, 4) is 11.8 Å². The molecule has 1 fully saturated rings. The molecule has 10 heteroatoms. The van der Waals surface area contributed by atoms with E-state index in [0.717, 1.165) is 44.9 Å². The van der Waals surface area contributed by atoms with Crippen LogP contribution in [0.3, 0.4) is 0 Å². The van der Waals surface area contributed by atoms with E-state index in [1.165, 1.54) is 11.1 Å². The largest absolute Gasteiger partial charge is 0.490 e. The number of unbranched alkanes of at least 4 members (excludes halogenated alkanes) is 1. The van der Waals surface area contributed by atoms with Gasteiger partial charge < -0.3 is 14.7 Å². The van der Waals surface area contributed by atoms with Gasteiger partial charge >= 0.3 is 0 Å². The standard InChI is InChI=1S/C36H44ClN3O5S/c1-3-5-7-11-33(41)30-15-12-27(30)22-40-23-36(18-8-9-25-19-28(37)14-16-31(25)36)24-45-34-17-13-26(20-32(34)40)35(42)39-46(43,44)29(21-38)10-6-4-2/h4,7,11,13-14,16-17,19-20,27,29-30,33,41H,2-3,5-6,8-10,12,15,18,22-24H2,1H3,(H,39,42)/b11-7+/t27-,29?,30+,33-,36-/m0/s1. The summed E-state index contributed by atoms with van der Waals surface area (Å²) in [6.07, 6.45) is 12.1. The number of allylic oxidation sites excluding steroid dienone is 2. The molecule has 1 aliphatic heterocycles. The van der Waals surface area contributed by atoms with Crippen LogP contribution < -0.4 is 14.4 Å². The Balaban J connectivity index is 1.47. The van der Waals surface area contributed by atoms with E-state index in [-0.39, 0.29) is 29.2 Å². The molecule has 2 N–H and O–H groups in total. The number of ether oxygens (including phenoxy) is 1. The Bertz CT molecular complexity index is 1620. The van der Waals surface area contributed by atoms with Gasteiger partial charge in [-0.3, -0.25) is 4.79 Å². The number of nitrogens with one attached hydrogen (secondary N) is 1. The Morgan fingerprint density at radius 3 is 2.83 bits per heavy atom. The van der Waals surface area contributed by atoms with Crippen molar-refractivity contribution in [3.05, 3.63) is 82.9 Å². The van der Waals surface area contributed by atoms with Gasteiger partial charge in [-0.25, -0.2) is 13.1 Å². The molecule has 46 heavy (non-hydrogen) atoms. The zero-order chi connectivity index (χ0) is 32.9. The SMILES string of the molecule is C=CCCC(C#N)S(=O)(=O)NC(=O)c1ccc2c(c1)N(C[C@@H]1CC[C@H]1[C@@H](O)/C=C/CCC)C[C@@]1(CCCc3cc(Cl)ccc31)CO2. The fraction of sp³-hybridized carbons (Fsp3) is 0.500. The van der Waals surface area contributed by atoms with Crippen LogP contribution in [0.5, 0.6) is 5.75 Å². The zero-order valence-corrected chi connectivity index (χ0v) is 28.0. The number of nitrogens with zero attached hydrogens (tertiary/aromatic N) is 2. The maximum atomic E-state index is 13.3. The molecule has 3 aliphatic rings. The minimum absolute atomic E-state index is 0.0469. The second-order valence-corrected chi connectivity index (χ2v) is 15.3. The number of carbonyl (C=O) groups is 1. The molecule has 2 aromatic carbocycles. The van der Waals surface area contributed by atoms with Crippen molar-refractivity contribution in [2.75, 3.05) is 24.6 Å². The fourth-order valence-corrected chi connectivity index (χ4v) is 8.47. The molecule has 1 heterocycles. The number of sulfonamides is 1. The van der Waals surface area contributed by atoms with Gasteiger partial charge in [0.05, 0.1) is 24.5 Å². The molecule has 5 rings (SSSR count). The lowest BCUT2D eigenvalue weighted by molar-refractivity contribution is 0.0456. The molecule has 1 saturated carbocycles. The maximum Gasteiger partial charge on any atom is 0.264 e. The molecule has 2 aromatic rings. The van der Waals surface area contributed by atoms with Crippen LogP contribution in [0.4, 0.5) is 5.69 Å². The first-order valence-corrected chi connectivity index (χ1v) is 18.2. The van der Waals surface area contributed by atoms with Crippen molar-refractivity contribution in [1.29, 1.82) is 5.26 Å². The van der Waals surface area contributed by atoms with Crippen LogP contribution in [0.2, 0.25) is 5.02 Å². The highest BCUT2D eigenvalue weighted by Crippen LogP contribution is 2.46. The fourth-order valence-electron chi connectivity index (χ4n) is 7.17. The summed E-state index contributed by atoms with van der Waals surface area (Å²) in [5, 5.41) is 19.8. The van der Waals surface area contributed by atoms with Crippen LogP contribution in [-0.4, -0.2) is 50.5 Å². The number of aryl methyl sites for hydroxylation is 1. The average molecular weight is 666 g/mol. The number of nitriles is 1. The topological polar surface area (TPSA) is 120 Å². The smallest absolute Gasteiger partial charge is 0.264 e. The normalized spacial score (nSPS) is 23.7. The third-order valence-electron chi connectivity index (χ3n) is 9.84. The Morgan fingerprint density at radius 1 is 1.28 bits per heavy atom. The van der Waals surface area contributed by atoms with Gasteiger partial charge in [-0.15, -0.1) is 6.58 Å². The third-order valence-corrected chi connectivity index (χ3v) is 11.6. The molecule has 1 spiro atoms. The number of benzene rings is 2. The second-order valence-electron chi connectivity index (χ2n) is 13.0. The number of amides is 1. The number of anilines is 1. The molecular formula is C36H44ClN3O5S. The quantitative estimate of drug-likeness (QED) is 0.249. The van der Waals surface area contributed by atoms with E-state index < -0.39 is 27.3 Å². The van der Waals surface area contributed by atoms with Crippen molar-refractivity contribution in [2.45, 2.75) is 81.5 Å². The van der Waals surface area contributed by atoms with Gasteiger partial charge in [0.15, 0.2) is 5.25 Å². The predicted molar refractivity (Wildman–Crippen MR) is 182 cm³/mol. The first-order valence-electron chi connectivity index (χ1n) is 16.3. The van der Waals surface area contributed by atoms with E-state index in [0.29, 0.717) is 42.6 Å². The number of fused-ring (bicyclic) bond motifs is 3. The number of rotatable bonds is 12. The number of carbonyl (C=O) groups excluding carboxylic acids is 1. The molecule has 1 amide bonds. The van der Waals surface area contributed by atoms with Crippen LogP contribution >= 0.6 is 11.6 Å². The van der Waals surface area contributed by atoms with Gasteiger partial charge in [-0.2, -0.15) is 5.26 Å². The Hall–Kier alpha value is -3.32. The minimum atomic E-state index is -4.23. The molecule has 5 atom stereocenters. The highest BCUT2D eigenvalue weighted by atomic mass is 35.5. The number of aliphatic hydroxyl groups is 1. The number of hydrogen-bond acceptors (Lipinski definition) is 7. The second kappa shape index (κ2) is 14.6. The van der Waals surface area contributed by atoms with Crippen molar-refractivity contribution in [1.82, 2.24) is 4.72 Å². The molecule has 0 radical (unpaired) electrons. The summed E-state index contributed by atoms with van der Waals surface area (Å²) in [6.45, 7) is 7.46. The van der Waals surface area contributed by atoms with Gasteiger partial charge in [0.25, 0.3) is 15.9 Å². The van der Waals surface area contributed by atoms with Crippen molar-refractivity contribution >= 4 is 33.2 Å². The monoisotopic (exact) mass is 665 g/mol. The van der Waals surface area contributed by atoms with Gasteiger partial charge in [0, 0.05) is 29.1 Å². The van der Waals surface area contributed by atoms with Crippen molar-refractivity contribution in [2.24, 2.45) is 11.8 Å². The summed E-state index contributed by atoms with van der Waals surface area (Å²) in [6, 6.07) is 12.9. The lowest BCUT2D eigenvalue weighted by atomic mass is 9.68. The molecular weight excluding hydrogens is 622 g/mol. The number of aliphatic hydroxyl groups excluding tert-OH is 1. The van der Waals surface area contributed by atoms with E-state index in [2.05, 4.69) is 35.3 Å². The summed E-state index contributed by atoms with van der Waals surface area (Å²) in [5.41, 5.74) is 3.01. The Morgan fingerprint density at radius 2 is 2.11 bits per heavy atom. The average Bonchev–Trinajstić information content (AvgIpc) is 3.16. The minimum Gasteiger partial charge on any atom is -0.490 e. The van der Waals surface area contributed by atoms with Crippen molar-refractivity contribution in [3.63, 3.8) is 0 Å². The lowest BCUT2D eigenvalue weighted by Crippen LogP contribution is -2.49.